The Hall–Kier alpha value is -4.05. The van der Waals surface area contributed by atoms with Crippen molar-refractivity contribution in [3.05, 3.63) is 83.4 Å². The first-order chi connectivity index (χ1) is 20.5. The summed E-state index contributed by atoms with van der Waals surface area (Å²) >= 11 is 0. The number of methoxy groups -OCH3 is 2. The molecule has 43 heavy (non-hydrogen) atoms. The molecular weight excluding hydrogens is 566 g/mol. The highest BCUT2D eigenvalue weighted by molar-refractivity contribution is 7.92. The van der Waals surface area contributed by atoms with Gasteiger partial charge in [-0.2, -0.15) is 0 Å². The molecule has 0 aliphatic rings. The summed E-state index contributed by atoms with van der Waals surface area (Å²) in [5, 5.41) is 2.91. The standard InChI is InChI=1S/C33H43N3O6S/c1-7-17-34-33(38)29(8-2)35(18-16-26-12-10-9-11-13-26)32(37)23-36(27-20-24(3)19-25(4)21-27)43(39,40)28-14-15-30(41-5)31(22-28)42-6/h9-15,19-22,29H,7-8,16-18,23H2,1-6H3,(H,34,38)/t29-/m1/s1. The molecule has 9 nitrogen and oxygen atoms in total. The fourth-order valence-corrected chi connectivity index (χ4v) is 6.40. The Balaban J connectivity index is 2.08. The molecule has 0 aliphatic carbocycles. The summed E-state index contributed by atoms with van der Waals surface area (Å²) < 4.78 is 40.3. The van der Waals surface area contributed by atoms with Crippen LogP contribution in [0.15, 0.2) is 71.6 Å². The van der Waals surface area contributed by atoms with Gasteiger partial charge in [0.05, 0.1) is 24.8 Å². The van der Waals surface area contributed by atoms with Gasteiger partial charge in [-0.05, 0) is 74.1 Å². The van der Waals surface area contributed by atoms with Crippen LogP contribution in [0.1, 0.15) is 43.4 Å². The first-order valence-corrected chi connectivity index (χ1v) is 15.9. The maximum Gasteiger partial charge on any atom is 0.264 e. The quantitative estimate of drug-likeness (QED) is 0.263. The van der Waals surface area contributed by atoms with Crippen LogP contribution in [0.5, 0.6) is 11.5 Å². The summed E-state index contributed by atoms with van der Waals surface area (Å²) in [5.74, 6) is -0.103. The van der Waals surface area contributed by atoms with Crippen LogP contribution in [0.25, 0.3) is 0 Å². The zero-order valence-corrected chi connectivity index (χ0v) is 26.7. The van der Waals surface area contributed by atoms with Gasteiger partial charge >= 0.3 is 0 Å². The molecule has 0 heterocycles. The Bertz CT molecular complexity index is 1470. The van der Waals surface area contributed by atoms with Gasteiger partial charge in [0.25, 0.3) is 10.0 Å². The summed E-state index contributed by atoms with van der Waals surface area (Å²) in [7, 11) is -1.36. The molecule has 0 unspecified atom stereocenters. The van der Waals surface area contributed by atoms with Crippen molar-refractivity contribution in [2.45, 2.75) is 57.9 Å². The highest BCUT2D eigenvalue weighted by atomic mass is 32.2. The van der Waals surface area contributed by atoms with Crippen molar-refractivity contribution in [3.63, 3.8) is 0 Å². The second-order valence-electron chi connectivity index (χ2n) is 10.4. The molecule has 232 valence electrons. The molecule has 3 aromatic rings. The van der Waals surface area contributed by atoms with Crippen LogP contribution in [0.3, 0.4) is 0 Å². The van der Waals surface area contributed by atoms with Gasteiger partial charge in [-0.3, -0.25) is 13.9 Å². The summed E-state index contributed by atoms with van der Waals surface area (Å²) in [5.41, 5.74) is 3.06. The van der Waals surface area contributed by atoms with Crippen LogP contribution in [-0.4, -0.2) is 65.0 Å². The molecule has 0 saturated carbocycles. The molecule has 0 bridgehead atoms. The number of nitrogens with one attached hydrogen (secondary N) is 1. The van der Waals surface area contributed by atoms with Crippen molar-refractivity contribution < 1.29 is 27.5 Å². The second kappa shape index (κ2) is 15.4. The monoisotopic (exact) mass is 609 g/mol. The van der Waals surface area contributed by atoms with Crippen molar-refractivity contribution in [2.75, 3.05) is 38.2 Å². The molecule has 1 atom stereocenters. The average molecular weight is 610 g/mol. The van der Waals surface area contributed by atoms with Crippen LogP contribution >= 0.6 is 0 Å². The fourth-order valence-electron chi connectivity index (χ4n) is 4.99. The van der Waals surface area contributed by atoms with Crippen LogP contribution in [0, 0.1) is 13.8 Å². The van der Waals surface area contributed by atoms with Gasteiger partial charge < -0.3 is 19.7 Å². The Morgan fingerprint density at radius 1 is 0.884 bits per heavy atom. The molecule has 0 fully saturated rings. The molecule has 0 aromatic heterocycles. The van der Waals surface area contributed by atoms with Crippen molar-refractivity contribution >= 4 is 27.5 Å². The molecule has 10 heteroatoms. The van der Waals surface area contributed by atoms with Crippen molar-refractivity contribution in [2.24, 2.45) is 0 Å². The van der Waals surface area contributed by atoms with E-state index in [1.165, 1.54) is 37.3 Å². The molecule has 1 N–H and O–H groups in total. The van der Waals surface area contributed by atoms with E-state index in [2.05, 4.69) is 5.32 Å². The summed E-state index contributed by atoms with van der Waals surface area (Å²) in [4.78, 5) is 28.9. The second-order valence-corrected chi connectivity index (χ2v) is 12.3. The minimum Gasteiger partial charge on any atom is -0.493 e. The smallest absolute Gasteiger partial charge is 0.264 e. The third-order valence-electron chi connectivity index (χ3n) is 7.14. The number of amides is 2. The maximum atomic E-state index is 14.3. The van der Waals surface area contributed by atoms with E-state index in [9.17, 15) is 18.0 Å². The van der Waals surface area contributed by atoms with Gasteiger partial charge in [-0.25, -0.2) is 8.42 Å². The van der Waals surface area contributed by atoms with E-state index in [0.717, 1.165) is 27.4 Å². The number of nitrogens with zero attached hydrogens (tertiary/aromatic N) is 2. The number of hydrogen-bond acceptors (Lipinski definition) is 6. The van der Waals surface area contributed by atoms with E-state index in [4.69, 9.17) is 9.47 Å². The van der Waals surface area contributed by atoms with Gasteiger partial charge in [0.1, 0.15) is 12.6 Å². The number of benzene rings is 3. The first kappa shape index (κ1) is 33.5. The molecular formula is C33H43N3O6S. The van der Waals surface area contributed by atoms with E-state index >= 15 is 0 Å². The van der Waals surface area contributed by atoms with Crippen molar-refractivity contribution in [1.82, 2.24) is 10.2 Å². The number of sulfonamides is 1. The zero-order chi connectivity index (χ0) is 31.6. The molecule has 0 radical (unpaired) electrons. The van der Waals surface area contributed by atoms with E-state index in [1.807, 2.05) is 64.1 Å². The minimum absolute atomic E-state index is 0.0549. The van der Waals surface area contributed by atoms with Gasteiger partial charge in [-0.15, -0.1) is 0 Å². The summed E-state index contributed by atoms with van der Waals surface area (Å²) in [6.07, 6.45) is 1.64. The number of hydrogen-bond donors (Lipinski definition) is 1. The topological polar surface area (TPSA) is 105 Å². The number of rotatable bonds is 15. The van der Waals surface area contributed by atoms with Crippen LogP contribution in [0.4, 0.5) is 5.69 Å². The van der Waals surface area contributed by atoms with Crippen LogP contribution < -0.4 is 19.1 Å². The van der Waals surface area contributed by atoms with Crippen LogP contribution in [-0.2, 0) is 26.0 Å². The van der Waals surface area contributed by atoms with Crippen molar-refractivity contribution in [3.8, 4) is 11.5 Å². The van der Waals surface area contributed by atoms with Crippen molar-refractivity contribution in [1.29, 1.82) is 0 Å². The lowest BCUT2D eigenvalue weighted by atomic mass is 10.1. The van der Waals surface area contributed by atoms with E-state index < -0.39 is 28.5 Å². The normalized spacial score (nSPS) is 11.9. The molecule has 0 aliphatic heterocycles. The highest BCUT2D eigenvalue weighted by Crippen LogP contribution is 2.33. The molecule has 2 amide bonds. The largest absolute Gasteiger partial charge is 0.493 e. The average Bonchev–Trinajstić information content (AvgIpc) is 2.99. The lowest BCUT2D eigenvalue weighted by Crippen LogP contribution is -2.53. The highest BCUT2D eigenvalue weighted by Gasteiger charge is 2.34. The van der Waals surface area contributed by atoms with E-state index in [0.29, 0.717) is 30.8 Å². The number of ether oxygens (including phenoxy) is 2. The SMILES string of the molecule is CCCNC(=O)[C@@H](CC)N(CCc1ccccc1)C(=O)CN(c1cc(C)cc(C)c1)S(=O)(=O)c1ccc(OC)c(OC)c1. The number of aryl methyl sites for hydroxylation is 2. The predicted octanol–water partition coefficient (Wildman–Crippen LogP) is 4.89. The molecule has 0 spiro atoms. The summed E-state index contributed by atoms with van der Waals surface area (Å²) in [6, 6.07) is 18.7. The van der Waals surface area contributed by atoms with Gasteiger partial charge in [0.2, 0.25) is 11.8 Å². The Morgan fingerprint density at radius 3 is 2.12 bits per heavy atom. The first-order valence-electron chi connectivity index (χ1n) is 14.5. The summed E-state index contributed by atoms with van der Waals surface area (Å²) in [6.45, 7) is 7.79. The molecule has 3 rings (SSSR count). The Kier molecular flexibility index (Phi) is 12.0. The number of carbonyl (C=O) groups excluding carboxylic acids is 2. The Labute approximate surface area is 255 Å². The van der Waals surface area contributed by atoms with Gasteiger partial charge in [-0.1, -0.05) is 50.2 Å². The maximum absolute atomic E-state index is 14.3. The predicted molar refractivity (Wildman–Crippen MR) is 169 cm³/mol. The minimum atomic E-state index is -4.26. The van der Waals surface area contributed by atoms with E-state index in [1.54, 1.807) is 12.1 Å². The molecule has 3 aromatic carbocycles. The van der Waals surface area contributed by atoms with Gasteiger partial charge in [0.15, 0.2) is 11.5 Å². The van der Waals surface area contributed by atoms with Gasteiger partial charge in [0, 0.05) is 19.2 Å². The number of anilines is 1. The molecule has 0 saturated heterocycles. The third-order valence-corrected chi connectivity index (χ3v) is 8.91. The zero-order valence-electron chi connectivity index (χ0n) is 25.9. The Morgan fingerprint density at radius 2 is 1.53 bits per heavy atom. The fraction of sp³-hybridized carbons (Fsp3) is 0.394. The van der Waals surface area contributed by atoms with E-state index in [-0.39, 0.29) is 23.1 Å². The number of carbonyl (C=O) groups is 2. The van der Waals surface area contributed by atoms with Crippen LogP contribution in [0.2, 0.25) is 0 Å². The lowest BCUT2D eigenvalue weighted by Gasteiger charge is -2.33. The lowest BCUT2D eigenvalue weighted by molar-refractivity contribution is -0.139. The third kappa shape index (κ3) is 8.50.